The fourth-order valence-corrected chi connectivity index (χ4v) is 2.91. The van der Waals surface area contributed by atoms with Crippen LogP contribution in [0.25, 0.3) is 0 Å². The van der Waals surface area contributed by atoms with Crippen LogP contribution in [-0.2, 0) is 6.54 Å². The smallest absolute Gasteiger partial charge is 0.0684 e. The molecule has 1 fully saturated rings. The zero-order valence-electron chi connectivity index (χ0n) is 11.8. The fraction of sp³-hybridized carbons (Fsp3) is 0.562. The van der Waals surface area contributed by atoms with Gasteiger partial charge in [0.2, 0.25) is 0 Å². The average Bonchev–Trinajstić information content (AvgIpc) is 3.22. The summed E-state index contributed by atoms with van der Waals surface area (Å²) in [6, 6.07) is 11.9. The van der Waals surface area contributed by atoms with Crippen molar-refractivity contribution in [1.82, 2.24) is 5.32 Å². The van der Waals surface area contributed by atoms with Gasteiger partial charge >= 0.3 is 0 Å². The third-order valence-corrected chi connectivity index (χ3v) is 4.41. The summed E-state index contributed by atoms with van der Waals surface area (Å²) in [7, 11) is 0. The van der Waals surface area contributed by atoms with Crippen LogP contribution < -0.4 is 5.32 Å². The molecule has 2 nitrogen and oxygen atoms in total. The third-order valence-electron chi connectivity index (χ3n) is 3.39. The lowest BCUT2D eigenvalue weighted by molar-refractivity contribution is 0.482. The molecule has 1 aliphatic rings. The molecule has 1 saturated carbocycles. The maximum atomic E-state index is 8.97. The first-order valence-corrected chi connectivity index (χ1v) is 7.94. The van der Waals surface area contributed by atoms with Crippen LogP contribution >= 0.6 is 11.8 Å². The van der Waals surface area contributed by atoms with Gasteiger partial charge in [-0.1, -0.05) is 12.1 Å². The maximum Gasteiger partial charge on any atom is 0.0684 e. The summed E-state index contributed by atoms with van der Waals surface area (Å²) >= 11 is 1.84. The number of rotatable bonds is 7. The number of nitrogens with zero attached hydrogens (tertiary/aromatic N) is 1. The Morgan fingerprint density at radius 2 is 2.00 bits per heavy atom. The van der Waals surface area contributed by atoms with E-state index in [1.54, 1.807) is 0 Å². The second kappa shape index (κ2) is 6.45. The zero-order valence-corrected chi connectivity index (χ0v) is 12.6. The second-order valence-electron chi connectivity index (χ2n) is 5.89. The minimum absolute atomic E-state index is 0.207. The Hall–Kier alpha value is -0.980. The van der Waals surface area contributed by atoms with E-state index < -0.39 is 0 Å². The minimum atomic E-state index is -0.207. The topological polar surface area (TPSA) is 35.8 Å². The highest BCUT2D eigenvalue weighted by Gasteiger charge is 2.19. The molecule has 0 saturated heterocycles. The standard InChI is InChI=1S/C16H22N2S/c1-16(2,12-17)9-10-19-15-7-3-13(4-8-15)11-18-14-5-6-14/h3-4,7-8,14,18H,5-6,9-11H2,1-2H3. The molecule has 0 bridgehead atoms. The fourth-order valence-electron chi connectivity index (χ4n) is 1.73. The lowest BCUT2D eigenvalue weighted by Crippen LogP contribution is -2.15. The third kappa shape index (κ3) is 5.26. The van der Waals surface area contributed by atoms with Gasteiger partial charge in [0.15, 0.2) is 0 Å². The molecular formula is C16H22N2S. The molecule has 0 aliphatic heterocycles. The number of nitrogens with one attached hydrogen (secondary N) is 1. The molecule has 0 spiro atoms. The van der Waals surface area contributed by atoms with Crippen LogP contribution in [0.1, 0.15) is 38.7 Å². The van der Waals surface area contributed by atoms with Gasteiger partial charge in [-0.15, -0.1) is 11.8 Å². The normalized spacial score (nSPS) is 15.2. The summed E-state index contributed by atoms with van der Waals surface area (Å²) in [4.78, 5) is 1.30. The van der Waals surface area contributed by atoms with Crippen LogP contribution in [0, 0.1) is 16.7 Å². The summed E-state index contributed by atoms with van der Waals surface area (Å²) in [5, 5.41) is 12.5. The molecule has 1 aromatic carbocycles. The SMILES string of the molecule is CC(C)(C#N)CCSc1ccc(CNC2CC2)cc1. The molecule has 0 aromatic heterocycles. The van der Waals surface area contributed by atoms with Gasteiger partial charge in [-0.25, -0.2) is 0 Å². The summed E-state index contributed by atoms with van der Waals surface area (Å²) in [6.45, 7) is 4.98. The van der Waals surface area contributed by atoms with Crippen LogP contribution in [0.2, 0.25) is 0 Å². The summed E-state index contributed by atoms with van der Waals surface area (Å²) in [5.41, 5.74) is 1.15. The van der Waals surface area contributed by atoms with E-state index in [4.69, 9.17) is 5.26 Å². The average molecular weight is 274 g/mol. The van der Waals surface area contributed by atoms with E-state index in [0.29, 0.717) is 0 Å². The molecule has 1 N–H and O–H groups in total. The lowest BCUT2D eigenvalue weighted by Gasteiger charge is -2.14. The van der Waals surface area contributed by atoms with Crippen molar-refractivity contribution in [3.8, 4) is 6.07 Å². The highest BCUT2D eigenvalue weighted by atomic mass is 32.2. The number of nitriles is 1. The molecule has 1 aliphatic carbocycles. The molecule has 0 heterocycles. The van der Waals surface area contributed by atoms with E-state index in [2.05, 4.69) is 35.7 Å². The Kier molecular flexibility index (Phi) is 4.90. The molecule has 0 amide bonds. The number of thioether (sulfide) groups is 1. The van der Waals surface area contributed by atoms with Gasteiger partial charge in [-0.3, -0.25) is 0 Å². The number of benzene rings is 1. The van der Waals surface area contributed by atoms with Crippen molar-refractivity contribution in [3.05, 3.63) is 29.8 Å². The van der Waals surface area contributed by atoms with Crippen molar-refractivity contribution in [2.45, 2.75) is 50.6 Å². The first-order valence-electron chi connectivity index (χ1n) is 6.95. The van der Waals surface area contributed by atoms with Crippen molar-refractivity contribution in [3.63, 3.8) is 0 Å². The van der Waals surface area contributed by atoms with Crippen molar-refractivity contribution in [2.24, 2.45) is 5.41 Å². The van der Waals surface area contributed by atoms with E-state index in [0.717, 1.165) is 24.8 Å². The molecule has 0 unspecified atom stereocenters. The Morgan fingerprint density at radius 3 is 2.58 bits per heavy atom. The van der Waals surface area contributed by atoms with Crippen molar-refractivity contribution in [2.75, 3.05) is 5.75 Å². The predicted molar refractivity (Wildman–Crippen MR) is 81.0 cm³/mol. The largest absolute Gasteiger partial charge is 0.310 e. The van der Waals surface area contributed by atoms with Gasteiger partial charge in [-0.2, -0.15) is 5.26 Å². The summed E-state index contributed by atoms with van der Waals surface area (Å²) < 4.78 is 0. The lowest BCUT2D eigenvalue weighted by atomic mass is 9.93. The van der Waals surface area contributed by atoms with Crippen molar-refractivity contribution >= 4 is 11.8 Å². The van der Waals surface area contributed by atoms with E-state index in [1.165, 1.54) is 23.3 Å². The minimum Gasteiger partial charge on any atom is -0.310 e. The van der Waals surface area contributed by atoms with E-state index in [1.807, 2.05) is 25.6 Å². The molecular weight excluding hydrogens is 252 g/mol. The first-order chi connectivity index (χ1) is 9.09. The van der Waals surface area contributed by atoms with Gasteiger partial charge in [-0.05, 0) is 56.6 Å². The summed E-state index contributed by atoms with van der Waals surface area (Å²) in [5.74, 6) is 1.00. The Labute approximate surface area is 120 Å². The maximum absolute atomic E-state index is 8.97. The van der Waals surface area contributed by atoms with Crippen LogP contribution in [0.5, 0.6) is 0 Å². The molecule has 0 atom stereocenters. The first kappa shape index (κ1) is 14.4. The molecule has 2 rings (SSSR count). The molecule has 1 aromatic rings. The second-order valence-corrected chi connectivity index (χ2v) is 7.06. The number of hydrogen-bond acceptors (Lipinski definition) is 3. The van der Waals surface area contributed by atoms with Crippen LogP contribution in [-0.4, -0.2) is 11.8 Å². The zero-order chi connectivity index (χ0) is 13.7. The molecule has 3 heteroatoms. The van der Waals surface area contributed by atoms with Crippen molar-refractivity contribution < 1.29 is 0 Å². The number of hydrogen-bond donors (Lipinski definition) is 1. The monoisotopic (exact) mass is 274 g/mol. The van der Waals surface area contributed by atoms with Crippen molar-refractivity contribution in [1.29, 1.82) is 5.26 Å². The van der Waals surface area contributed by atoms with Gasteiger partial charge in [0, 0.05) is 17.5 Å². The van der Waals surface area contributed by atoms with E-state index >= 15 is 0 Å². The Balaban J connectivity index is 1.73. The molecule has 19 heavy (non-hydrogen) atoms. The summed E-state index contributed by atoms with van der Waals surface area (Å²) in [6.07, 6.45) is 3.60. The molecule has 0 radical (unpaired) electrons. The van der Waals surface area contributed by atoms with Gasteiger partial charge in [0.25, 0.3) is 0 Å². The van der Waals surface area contributed by atoms with Gasteiger partial charge < -0.3 is 5.32 Å². The van der Waals surface area contributed by atoms with Gasteiger partial charge in [0.05, 0.1) is 11.5 Å². The van der Waals surface area contributed by atoms with Crippen LogP contribution in [0.3, 0.4) is 0 Å². The quantitative estimate of drug-likeness (QED) is 0.764. The van der Waals surface area contributed by atoms with E-state index in [9.17, 15) is 0 Å². The molecule has 102 valence electrons. The van der Waals surface area contributed by atoms with Gasteiger partial charge in [0.1, 0.15) is 0 Å². The Bertz CT molecular complexity index is 441. The van der Waals surface area contributed by atoms with Crippen LogP contribution in [0.15, 0.2) is 29.2 Å². The highest BCUT2D eigenvalue weighted by molar-refractivity contribution is 7.99. The predicted octanol–water partition coefficient (Wildman–Crippen LogP) is 3.97. The van der Waals surface area contributed by atoms with E-state index in [-0.39, 0.29) is 5.41 Å². The Morgan fingerprint density at radius 1 is 1.32 bits per heavy atom. The highest BCUT2D eigenvalue weighted by Crippen LogP contribution is 2.26. The van der Waals surface area contributed by atoms with Crippen LogP contribution in [0.4, 0.5) is 0 Å².